The maximum absolute atomic E-state index is 12.7. The van der Waals surface area contributed by atoms with Gasteiger partial charge in [-0.25, -0.2) is 9.48 Å². The number of aryl methyl sites for hydroxylation is 1. The van der Waals surface area contributed by atoms with Crippen LogP contribution < -0.4 is 4.90 Å². The molecule has 0 atom stereocenters. The fraction of sp³-hybridized carbons (Fsp3) is 0.167. The van der Waals surface area contributed by atoms with Crippen molar-refractivity contribution in [2.75, 3.05) is 18.1 Å². The summed E-state index contributed by atoms with van der Waals surface area (Å²) in [6, 6.07) is 22.5. The lowest BCUT2D eigenvalue weighted by atomic mass is 10.2. The number of aromatic nitrogens is 2. The van der Waals surface area contributed by atoms with E-state index in [1.807, 2.05) is 61.5 Å². The van der Waals surface area contributed by atoms with Gasteiger partial charge in [-0.3, -0.25) is 4.79 Å². The van der Waals surface area contributed by atoms with E-state index in [9.17, 15) is 9.59 Å². The number of anilines is 1. The normalized spacial score (nSPS) is 10.6. The van der Waals surface area contributed by atoms with Crippen molar-refractivity contribution in [3.8, 4) is 11.8 Å². The maximum Gasteiger partial charge on any atom is 0.348 e. The van der Waals surface area contributed by atoms with Crippen LogP contribution in [-0.2, 0) is 9.53 Å². The Morgan fingerprint density at radius 2 is 1.81 bits per heavy atom. The van der Waals surface area contributed by atoms with E-state index in [1.165, 1.54) is 16.2 Å². The van der Waals surface area contributed by atoms with E-state index in [-0.39, 0.29) is 18.9 Å². The molecule has 0 spiro atoms. The van der Waals surface area contributed by atoms with E-state index < -0.39 is 12.6 Å². The molecule has 0 unspecified atom stereocenters. The third-order valence-corrected chi connectivity index (χ3v) is 5.98. The van der Waals surface area contributed by atoms with Crippen LogP contribution in [0.25, 0.3) is 15.9 Å². The van der Waals surface area contributed by atoms with E-state index >= 15 is 0 Å². The number of benzene rings is 2. The number of thiophene rings is 1. The first-order valence-electron chi connectivity index (χ1n) is 10.0. The number of fused-ring (bicyclic) bond motifs is 1. The van der Waals surface area contributed by atoms with E-state index in [0.717, 1.165) is 21.6 Å². The molecule has 32 heavy (non-hydrogen) atoms. The Balaban J connectivity index is 1.50. The zero-order valence-corrected chi connectivity index (χ0v) is 18.2. The van der Waals surface area contributed by atoms with Gasteiger partial charge in [-0.05, 0) is 37.3 Å². The highest BCUT2D eigenvalue weighted by Crippen LogP contribution is 2.30. The highest BCUT2D eigenvalue weighted by atomic mass is 32.1. The van der Waals surface area contributed by atoms with Crippen LogP contribution in [0.5, 0.6) is 0 Å². The van der Waals surface area contributed by atoms with Crippen molar-refractivity contribution in [1.82, 2.24) is 9.78 Å². The lowest BCUT2D eigenvalue weighted by Crippen LogP contribution is -2.35. The minimum absolute atomic E-state index is 0.181. The molecule has 4 aromatic rings. The number of para-hydroxylation sites is 2. The molecule has 2 aromatic heterocycles. The monoisotopic (exact) mass is 444 g/mol. The Kier molecular flexibility index (Phi) is 6.29. The van der Waals surface area contributed by atoms with Crippen molar-refractivity contribution in [2.24, 2.45) is 0 Å². The third kappa shape index (κ3) is 4.38. The van der Waals surface area contributed by atoms with Crippen molar-refractivity contribution < 1.29 is 14.3 Å². The summed E-state index contributed by atoms with van der Waals surface area (Å²) in [5.74, 6) is -0.945. The van der Waals surface area contributed by atoms with Crippen LogP contribution in [0.15, 0.2) is 66.7 Å². The van der Waals surface area contributed by atoms with E-state index in [0.29, 0.717) is 10.6 Å². The van der Waals surface area contributed by atoms with Gasteiger partial charge < -0.3 is 9.64 Å². The molecule has 0 N–H and O–H groups in total. The van der Waals surface area contributed by atoms with Gasteiger partial charge in [-0.2, -0.15) is 10.4 Å². The van der Waals surface area contributed by atoms with E-state index in [1.54, 1.807) is 22.9 Å². The summed E-state index contributed by atoms with van der Waals surface area (Å²) in [5.41, 5.74) is 2.37. The van der Waals surface area contributed by atoms with Crippen molar-refractivity contribution in [2.45, 2.75) is 13.3 Å². The number of nitrogens with zero attached hydrogens (tertiary/aromatic N) is 4. The average Bonchev–Trinajstić information content (AvgIpc) is 3.39. The molecule has 0 bridgehead atoms. The molecule has 0 saturated heterocycles. The van der Waals surface area contributed by atoms with Crippen molar-refractivity contribution >= 4 is 39.1 Å². The number of esters is 1. The number of amides is 1. The highest BCUT2D eigenvalue weighted by Gasteiger charge is 2.21. The van der Waals surface area contributed by atoms with Gasteiger partial charge in [-0.15, -0.1) is 11.3 Å². The Hall–Kier alpha value is -3.96. The molecule has 1 amide bonds. The predicted octanol–water partition coefficient (Wildman–Crippen LogP) is 4.50. The van der Waals surface area contributed by atoms with Crippen molar-refractivity contribution in [3.63, 3.8) is 0 Å². The zero-order chi connectivity index (χ0) is 22.5. The zero-order valence-electron chi connectivity index (χ0n) is 17.4. The molecule has 7 nitrogen and oxygen atoms in total. The summed E-state index contributed by atoms with van der Waals surface area (Å²) in [7, 11) is 0. The Labute approximate surface area is 189 Å². The van der Waals surface area contributed by atoms with E-state index in [4.69, 9.17) is 10.00 Å². The first-order valence-corrected chi connectivity index (χ1v) is 10.8. The minimum Gasteiger partial charge on any atom is -0.451 e. The Bertz CT molecular complexity index is 1290. The summed E-state index contributed by atoms with van der Waals surface area (Å²) in [6.07, 6.45) is 0.181. The van der Waals surface area contributed by atoms with Gasteiger partial charge in [0.15, 0.2) is 6.61 Å². The summed E-state index contributed by atoms with van der Waals surface area (Å²) in [5, 5.41) is 14.3. The topological polar surface area (TPSA) is 88.2 Å². The largest absolute Gasteiger partial charge is 0.451 e. The van der Waals surface area contributed by atoms with Crippen LogP contribution >= 0.6 is 11.3 Å². The average molecular weight is 445 g/mol. The van der Waals surface area contributed by atoms with E-state index in [2.05, 4.69) is 5.10 Å². The van der Waals surface area contributed by atoms with Crippen LogP contribution in [0.1, 0.15) is 21.8 Å². The maximum atomic E-state index is 12.7. The Morgan fingerprint density at radius 3 is 2.50 bits per heavy atom. The molecule has 0 radical (unpaired) electrons. The highest BCUT2D eigenvalue weighted by molar-refractivity contribution is 7.20. The van der Waals surface area contributed by atoms with Crippen LogP contribution in [0.2, 0.25) is 0 Å². The standard InChI is InChI=1S/C24H20N4O3S/c1-17-20-15-21(32-23(20)28(26-17)19-11-6-3-7-12-19)24(30)31-16-22(29)27(14-8-13-25)18-9-4-2-5-10-18/h2-7,9-12,15H,8,14,16H2,1H3. The minimum atomic E-state index is -0.563. The molecule has 2 heterocycles. The molecule has 4 rings (SSSR count). The summed E-state index contributed by atoms with van der Waals surface area (Å²) >= 11 is 1.28. The smallest absolute Gasteiger partial charge is 0.348 e. The predicted molar refractivity (Wildman–Crippen MR) is 123 cm³/mol. The lowest BCUT2D eigenvalue weighted by molar-refractivity contribution is -0.121. The SMILES string of the molecule is Cc1nn(-c2ccccc2)c2sc(C(=O)OCC(=O)N(CCC#N)c3ccccc3)cc12. The fourth-order valence-electron chi connectivity index (χ4n) is 3.34. The van der Waals surface area contributed by atoms with Crippen molar-refractivity contribution in [3.05, 3.63) is 77.3 Å². The van der Waals surface area contributed by atoms with Gasteiger partial charge in [0.1, 0.15) is 9.71 Å². The second kappa shape index (κ2) is 9.45. The van der Waals surface area contributed by atoms with Crippen LogP contribution in [0.4, 0.5) is 5.69 Å². The second-order valence-corrected chi connectivity index (χ2v) is 8.06. The van der Waals surface area contributed by atoms with Crippen LogP contribution in [0.3, 0.4) is 0 Å². The van der Waals surface area contributed by atoms with Gasteiger partial charge in [0.2, 0.25) is 0 Å². The molecule has 2 aromatic carbocycles. The summed E-state index contributed by atoms with van der Waals surface area (Å²) in [6.45, 7) is 1.71. The first-order chi connectivity index (χ1) is 15.6. The molecular weight excluding hydrogens is 424 g/mol. The summed E-state index contributed by atoms with van der Waals surface area (Å²) in [4.78, 5) is 28.1. The number of nitriles is 1. The summed E-state index contributed by atoms with van der Waals surface area (Å²) < 4.78 is 7.13. The Morgan fingerprint density at radius 1 is 1.12 bits per heavy atom. The number of carbonyl (C=O) groups is 2. The van der Waals surface area contributed by atoms with Crippen molar-refractivity contribution in [1.29, 1.82) is 5.26 Å². The van der Waals surface area contributed by atoms with Gasteiger partial charge in [-0.1, -0.05) is 36.4 Å². The molecule has 0 aliphatic rings. The molecule has 160 valence electrons. The first kappa shape index (κ1) is 21.3. The molecular formula is C24H20N4O3S. The number of hydrogen-bond donors (Lipinski definition) is 0. The molecule has 8 heteroatoms. The molecule has 0 saturated carbocycles. The molecule has 0 fully saturated rings. The second-order valence-electron chi connectivity index (χ2n) is 7.03. The number of rotatable bonds is 7. The van der Waals surface area contributed by atoms with Crippen LogP contribution in [0, 0.1) is 18.3 Å². The van der Waals surface area contributed by atoms with Crippen LogP contribution in [-0.4, -0.2) is 34.8 Å². The number of hydrogen-bond acceptors (Lipinski definition) is 6. The van der Waals surface area contributed by atoms with Gasteiger partial charge >= 0.3 is 5.97 Å². The number of carbonyl (C=O) groups excluding carboxylic acids is 2. The fourth-order valence-corrected chi connectivity index (χ4v) is 4.41. The van der Waals surface area contributed by atoms with Gasteiger partial charge in [0, 0.05) is 17.6 Å². The lowest BCUT2D eigenvalue weighted by Gasteiger charge is -2.21. The number of ether oxygens (including phenoxy) is 1. The third-order valence-electron chi connectivity index (χ3n) is 4.89. The quantitative estimate of drug-likeness (QED) is 0.392. The van der Waals surface area contributed by atoms with Gasteiger partial charge in [0.05, 0.1) is 23.9 Å². The molecule has 0 aliphatic carbocycles. The van der Waals surface area contributed by atoms with Gasteiger partial charge in [0.25, 0.3) is 5.91 Å². The molecule has 0 aliphatic heterocycles.